The summed E-state index contributed by atoms with van der Waals surface area (Å²) in [5, 5.41) is 8.15. The molecule has 0 fully saturated rings. The van der Waals surface area contributed by atoms with E-state index in [0.717, 1.165) is 16.9 Å². The molecule has 1 aromatic heterocycles. The van der Waals surface area contributed by atoms with Gasteiger partial charge in [-0.05, 0) is 61.9 Å². The zero-order valence-corrected chi connectivity index (χ0v) is 20.5. The lowest BCUT2D eigenvalue weighted by Gasteiger charge is -2.38. The van der Waals surface area contributed by atoms with Gasteiger partial charge in [0.15, 0.2) is 0 Å². The molecule has 4 aromatic rings. The first-order valence-electron chi connectivity index (χ1n) is 11.7. The second-order valence-corrected chi connectivity index (χ2v) is 9.08. The molecule has 2 atom stereocenters. The molecule has 0 bridgehead atoms. The van der Waals surface area contributed by atoms with Crippen LogP contribution in [0.25, 0.3) is 5.69 Å². The van der Waals surface area contributed by atoms with Gasteiger partial charge in [-0.3, -0.25) is 14.5 Å². The molecule has 0 aliphatic carbocycles. The number of likely N-dealkylation sites (N-methyl/N-ethyl adjacent to an activating group) is 1. The normalized spacial score (nSPS) is 17.1. The summed E-state index contributed by atoms with van der Waals surface area (Å²) in [5.41, 5.74) is 3.39. The lowest BCUT2D eigenvalue weighted by atomic mass is 9.81. The number of halogens is 2. The van der Waals surface area contributed by atoms with Crippen LogP contribution < -0.4 is 10.2 Å². The van der Waals surface area contributed by atoms with E-state index in [4.69, 9.17) is 16.7 Å². The highest BCUT2D eigenvalue weighted by atomic mass is 35.5. The van der Waals surface area contributed by atoms with E-state index in [-0.39, 0.29) is 11.7 Å². The number of nitrogens with one attached hydrogen (secondary N) is 1. The fraction of sp³-hybridized carbons (Fsp3) is 0.179. The molecule has 2 heterocycles. The van der Waals surface area contributed by atoms with Gasteiger partial charge in [0.2, 0.25) is 0 Å². The standard InChI is InChI=1S/C28H24ClFN4O2/c1-3-33-27-23(17(2)32-34(27)22-10-5-4-6-11-22)24(18-12-14-21(30)15-13-18)25(28(33)36)31-26(35)19-8-7-9-20(29)16-19/h4-16,24-25H,3H2,1-2H3,(H,31,35)/t24-,25-/m0/s1. The smallest absolute Gasteiger partial charge is 0.252 e. The number of anilines is 1. The quantitative estimate of drug-likeness (QED) is 0.404. The summed E-state index contributed by atoms with van der Waals surface area (Å²) in [5.74, 6) is -1.000. The van der Waals surface area contributed by atoms with Crippen molar-refractivity contribution in [3.05, 3.63) is 112 Å². The molecule has 1 aliphatic rings. The lowest BCUT2D eigenvalue weighted by molar-refractivity contribution is -0.121. The molecule has 0 spiro atoms. The molecular weight excluding hydrogens is 479 g/mol. The number of para-hydroxylation sites is 1. The van der Waals surface area contributed by atoms with Crippen LogP contribution in [0.2, 0.25) is 5.02 Å². The maximum Gasteiger partial charge on any atom is 0.252 e. The van der Waals surface area contributed by atoms with Crippen LogP contribution in [0.15, 0.2) is 78.9 Å². The number of amides is 2. The molecule has 182 valence electrons. The Morgan fingerprint density at radius 2 is 1.78 bits per heavy atom. The van der Waals surface area contributed by atoms with Crippen molar-refractivity contribution >= 4 is 29.2 Å². The summed E-state index contributed by atoms with van der Waals surface area (Å²) < 4.78 is 15.6. The topological polar surface area (TPSA) is 67.2 Å². The van der Waals surface area contributed by atoms with Gasteiger partial charge in [-0.1, -0.05) is 48.0 Å². The van der Waals surface area contributed by atoms with Crippen LogP contribution in [-0.2, 0) is 4.79 Å². The van der Waals surface area contributed by atoms with Crippen LogP contribution in [0.3, 0.4) is 0 Å². The third-order valence-corrected chi connectivity index (χ3v) is 6.67. The van der Waals surface area contributed by atoms with E-state index < -0.39 is 17.9 Å². The summed E-state index contributed by atoms with van der Waals surface area (Å²) in [4.78, 5) is 28.8. The highest BCUT2D eigenvalue weighted by Gasteiger charge is 2.45. The summed E-state index contributed by atoms with van der Waals surface area (Å²) >= 11 is 6.09. The van der Waals surface area contributed by atoms with E-state index in [0.29, 0.717) is 28.5 Å². The zero-order valence-electron chi connectivity index (χ0n) is 19.8. The molecule has 0 saturated heterocycles. The number of benzene rings is 3. The Kier molecular flexibility index (Phi) is 6.33. The molecule has 0 saturated carbocycles. The summed E-state index contributed by atoms with van der Waals surface area (Å²) in [6, 6.07) is 21.2. The van der Waals surface area contributed by atoms with Gasteiger partial charge in [0, 0.05) is 28.6 Å². The molecule has 36 heavy (non-hydrogen) atoms. The van der Waals surface area contributed by atoms with Crippen LogP contribution in [0, 0.1) is 12.7 Å². The highest BCUT2D eigenvalue weighted by molar-refractivity contribution is 6.31. The first-order chi connectivity index (χ1) is 17.4. The summed E-state index contributed by atoms with van der Waals surface area (Å²) in [6.07, 6.45) is 0. The second kappa shape index (κ2) is 9.59. The third kappa shape index (κ3) is 4.16. The van der Waals surface area contributed by atoms with Gasteiger partial charge in [-0.2, -0.15) is 5.10 Å². The Morgan fingerprint density at radius 1 is 1.06 bits per heavy atom. The summed E-state index contributed by atoms with van der Waals surface area (Å²) in [6.45, 7) is 4.14. The molecule has 3 aromatic carbocycles. The minimum atomic E-state index is -0.929. The third-order valence-electron chi connectivity index (χ3n) is 6.43. The van der Waals surface area contributed by atoms with E-state index in [9.17, 15) is 14.0 Å². The van der Waals surface area contributed by atoms with E-state index >= 15 is 0 Å². The number of carbonyl (C=O) groups excluding carboxylic acids is 2. The number of aryl methyl sites for hydroxylation is 1. The van der Waals surface area contributed by atoms with Gasteiger partial charge < -0.3 is 5.32 Å². The van der Waals surface area contributed by atoms with Gasteiger partial charge in [0.05, 0.1) is 11.4 Å². The van der Waals surface area contributed by atoms with Gasteiger partial charge in [0.1, 0.15) is 17.7 Å². The van der Waals surface area contributed by atoms with Crippen LogP contribution >= 0.6 is 11.6 Å². The Bertz CT molecular complexity index is 1440. The Hall–Kier alpha value is -3.97. The van der Waals surface area contributed by atoms with Gasteiger partial charge in [0.25, 0.3) is 11.8 Å². The van der Waals surface area contributed by atoms with E-state index in [1.54, 1.807) is 46.0 Å². The fourth-order valence-corrected chi connectivity index (χ4v) is 5.01. The number of rotatable bonds is 5. The molecule has 1 aliphatic heterocycles. The van der Waals surface area contributed by atoms with Crippen molar-refractivity contribution in [1.82, 2.24) is 15.1 Å². The van der Waals surface area contributed by atoms with Crippen molar-refractivity contribution in [3.8, 4) is 5.69 Å². The Balaban J connectivity index is 1.68. The molecule has 2 amide bonds. The Labute approximate surface area is 213 Å². The van der Waals surface area contributed by atoms with Gasteiger partial charge in [-0.25, -0.2) is 9.07 Å². The van der Waals surface area contributed by atoms with E-state index in [2.05, 4.69) is 5.32 Å². The first kappa shape index (κ1) is 23.8. The number of nitrogens with zero attached hydrogens (tertiary/aromatic N) is 3. The minimum absolute atomic E-state index is 0.271. The van der Waals surface area contributed by atoms with Crippen molar-refractivity contribution in [2.45, 2.75) is 25.8 Å². The second-order valence-electron chi connectivity index (χ2n) is 8.64. The average molecular weight is 503 g/mol. The van der Waals surface area contributed by atoms with E-state index in [1.165, 1.54) is 12.1 Å². The van der Waals surface area contributed by atoms with Crippen LogP contribution in [0.5, 0.6) is 0 Å². The number of carbonyl (C=O) groups is 2. The van der Waals surface area contributed by atoms with E-state index in [1.807, 2.05) is 44.2 Å². The van der Waals surface area contributed by atoms with Crippen LogP contribution in [0.1, 0.15) is 40.0 Å². The number of hydrogen-bond acceptors (Lipinski definition) is 3. The van der Waals surface area contributed by atoms with Crippen molar-refractivity contribution in [2.75, 3.05) is 11.4 Å². The molecule has 5 rings (SSSR count). The van der Waals surface area contributed by atoms with Crippen molar-refractivity contribution in [1.29, 1.82) is 0 Å². The summed E-state index contributed by atoms with van der Waals surface area (Å²) in [7, 11) is 0. The molecular formula is C28H24ClFN4O2. The monoisotopic (exact) mass is 502 g/mol. The first-order valence-corrected chi connectivity index (χ1v) is 12.0. The molecule has 0 unspecified atom stereocenters. The molecule has 6 nitrogen and oxygen atoms in total. The highest BCUT2D eigenvalue weighted by Crippen LogP contribution is 2.43. The molecule has 8 heteroatoms. The average Bonchev–Trinajstić information content (AvgIpc) is 3.22. The largest absolute Gasteiger partial charge is 0.339 e. The zero-order chi connectivity index (χ0) is 25.4. The predicted molar refractivity (Wildman–Crippen MR) is 137 cm³/mol. The minimum Gasteiger partial charge on any atom is -0.339 e. The Morgan fingerprint density at radius 3 is 2.44 bits per heavy atom. The lowest BCUT2D eigenvalue weighted by Crippen LogP contribution is -2.55. The fourth-order valence-electron chi connectivity index (χ4n) is 4.82. The van der Waals surface area contributed by atoms with Crippen LogP contribution in [-0.4, -0.2) is 34.2 Å². The van der Waals surface area contributed by atoms with Gasteiger partial charge in [-0.15, -0.1) is 0 Å². The maximum atomic E-state index is 14.0. The van der Waals surface area contributed by atoms with Gasteiger partial charge >= 0.3 is 0 Å². The number of fused-ring (bicyclic) bond motifs is 1. The van der Waals surface area contributed by atoms with Crippen molar-refractivity contribution in [2.24, 2.45) is 0 Å². The SMILES string of the molecule is CCN1C(=O)[C@@H](NC(=O)c2cccc(Cl)c2)[C@@H](c2ccc(F)cc2)c2c(C)nn(-c3ccccc3)c21. The van der Waals surface area contributed by atoms with Crippen molar-refractivity contribution < 1.29 is 14.0 Å². The maximum absolute atomic E-state index is 14.0. The number of hydrogen-bond donors (Lipinski definition) is 1. The molecule has 0 radical (unpaired) electrons. The predicted octanol–water partition coefficient (Wildman–Crippen LogP) is 5.27. The number of aromatic nitrogens is 2. The van der Waals surface area contributed by atoms with Crippen molar-refractivity contribution in [3.63, 3.8) is 0 Å². The molecule has 1 N–H and O–H groups in total. The van der Waals surface area contributed by atoms with Crippen LogP contribution in [0.4, 0.5) is 10.2 Å².